The number of rotatable bonds is 4. The number of piperazine rings is 1. The second kappa shape index (κ2) is 8.85. The van der Waals surface area contributed by atoms with Crippen LogP contribution in [0.4, 0.5) is 5.69 Å². The largest absolute Gasteiger partial charge is 0.339 e. The molecular weight excluding hydrogens is 376 g/mol. The van der Waals surface area contributed by atoms with E-state index in [1.54, 1.807) is 14.7 Å². The van der Waals surface area contributed by atoms with Crippen LogP contribution in [-0.4, -0.2) is 76.6 Å². The average molecular weight is 400 g/mol. The van der Waals surface area contributed by atoms with Crippen molar-refractivity contribution in [3.63, 3.8) is 0 Å². The smallest absolute Gasteiger partial charge is 0.269 e. The summed E-state index contributed by atoms with van der Waals surface area (Å²) in [5, 5.41) is 10.7. The predicted octanol–water partition coefficient (Wildman–Crippen LogP) is 1.30. The minimum Gasteiger partial charge on any atom is -0.339 e. The molecule has 9 nitrogen and oxygen atoms in total. The molecule has 0 radical (unpaired) electrons. The van der Waals surface area contributed by atoms with Crippen molar-refractivity contribution in [2.24, 2.45) is 5.92 Å². The number of hydrogen-bond acceptors (Lipinski definition) is 5. The summed E-state index contributed by atoms with van der Waals surface area (Å²) in [6.45, 7) is 6.24. The molecule has 29 heavy (non-hydrogen) atoms. The highest BCUT2D eigenvalue weighted by atomic mass is 16.6. The average Bonchev–Trinajstić information content (AvgIpc) is 2.77. The van der Waals surface area contributed by atoms with Gasteiger partial charge in [-0.15, -0.1) is 0 Å². The van der Waals surface area contributed by atoms with E-state index in [0.29, 0.717) is 44.8 Å². The second-order valence-corrected chi connectivity index (χ2v) is 7.25. The highest BCUT2D eigenvalue weighted by molar-refractivity contribution is 5.94. The van der Waals surface area contributed by atoms with Gasteiger partial charge >= 0.3 is 0 Å². The number of benzene rings is 1. The van der Waals surface area contributed by atoms with Crippen LogP contribution in [0.1, 0.15) is 23.2 Å². The summed E-state index contributed by atoms with van der Waals surface area (Å²) in [7, 11) is 0. The van der Waals surface area contributed by atoms with Crippen molar-refractivity contribution < 1.29 is 19.3 Å². The summed E-state index contributed by atoms with van der Waals surface area (Å²) < 4.78 is 0. The fraction of sp³-hybridized carbons (Fsp3) is 0.450. The Morgan fingerprint density at radius 3 is 2.21 bits per heavy atom. The maximum Gasteiger partial charge on any atom is 0.269 e. The molecular formula is C20H24N4O5. The van der Waals surface area contributed by atoms with Gasteiger partial charge in [0.25, 0.3) is 11.6 Å². The van der Waals surface area contributed by atoms with E-state index in [-0.39, 0.29) is 29.3 Å². The molecule has 2 fully saturated rings. The van der Waals surface area contributed by atoms with Gasteiger partial charge in [-0.3, -0.25) is 24.5 Å². The molecule has 154 valence electrons. The lowest BCUT2D eigenvalue weighted by molar-refractivity contribution is -0.384. The molecule has 0 spiro atoms. The maximum atomic E-state index is 12.9. The Kier molecular flexibility index (Phi) is 6.26. The molecule has 2 heterocycles. The van der Waals surface area contributed by atoms with Gasteiger partial charge in [0, 0.05) is 57.0 Å². The third kappa shape index (κ3) is 4.61. The van der Waals surface area contributed by atoms with Crippen LogP contribution in [0.5, 0.6) is 0 Å². The highest BCUT2D eigenvalue weighted by Gasteiger charge is 2.33. The molecule has 0 aliphatic carbocycles. The number of hydrogen-bond donors (Lipinski definition) is 0. The Hall–Kier alpha value is -3.23. The van der Waals surface area contributed by atoms with Crippen molar-refractivity contribution in [2.75, 3.05) is 39.3 Å². The van der Waals surface area contributed by atoms with Gasteiger partial charge in [-0.25, -0.2) is 0 Å². The number of piperidine rings is 1. The Morgan fingerprint density at radius 2 is 1.62 bits per heavy atom. The summed E-state index contributed by atoms with van der Waals surface area (Å²) in [5.74, 6) is -0.549. The molecule has 0 N–H and O–H groups in total. The minimum absolute atomic E-state index is 0.0222. The van der Waals surface area contributed by atoms with E-state index in [9.17, 15) is 24.5 Å². The van der Waals surface area contributed by atoms with Crippen LogP contribution >= 0.6 is 0 Å². The van der Waals surface area contributed by atoms with Crippen LogP contribution in [0, 0.1) is 16.0 Å². The number of likely N-dealkylation sites (tertiary alicyclic amines) is 1. The van der Waals surface area contributed by atoms with Crippen molar-refractivity contribution in [3.8, 4) is 0 Å². The fourth-order valence-corrected chi connectivity index (χ4v) is 3.80. The molecule has 3 rings (SSSR count). The van der Waals surface area contributed by atoms with E-state index in [1.807, 2.05) is 0 Å². The van der Waals surface area contributed by atoms with E-state index in [4.69, 9.17) is 0 Å². The first kappa shape index (κ1) is 20.5. The van der Waals surface area contributed by atoms with Gasteiger partial charge in [0.2, 0.25) is 11.8 Å². The fourth-order valence-electron chi connectivity index (χ4n) is 3.80. The van der Waals surface area contributed by atoms with Crippen molar-refractivity contribution in [2.45, 2.75) is 12.8 Å². The van der Waals surface area contributed by atoms with E-state index < -0.39 is 4.92 Å². The Labute approximate surface area is 168 Å². The molecule has 0 bridgehead atoms. The standard InChI is InChI=1S/C20H24N4O5/c1-2-18(25)23-9-3-4-16(14-23)20(27)22-12-10-21(11-13-22)19(26)15-5-7-17(8-6-15)24(28)29/h2,5-8,16H,1,3-4,9-14H2. The van der Waals surface area contributed by atoms with Crippen molar-refractivity contribution in [1.82, 2.24) is 14.7 Å². The molecule has 2 saturated heterocycles. The molecule has 2 aliphatic rings. The van der Waals surface area contributed by atoms with Gasteiger partial charge in [-0.05, 0) is 31.1 Å². The van der Waals surface area contributed by atoms with Crippen molar-refractivity contribution in [3.05, 3.63) is 52.6 Å². The van der Waals surface area contributed by atoms with Gasteiger partial charge in [0.05, 0.1) is 10.8 Å². The maximum absolute atomic E-state index is 12.9. The number of nitro groups is 1. The second-order valence-electron chi connectivity index (χ2n) is 7.25. The molecule has 0 aromatic heterocycles. The number of nitrogens with zero attached hydrogens (tertiary/aromatic N) is 4. The first-order valence-electron chi connectivity index (χ1n) is 9.64. The van der Waals surface area contributed by atoms with E-state index in [0.717, 1.165) is 12.8 Å². The molecule has 2 aliphatic heterocycles. The number of carbonyl (C=O) groups excluding carboxylic acids is 3. The highest BCUT2D eigenvalue weighted by Crippen LogP contribution is 2.21. The lowest BCUT2D eigenvalue weighted by Gasteiger charge is -2.38. The normalized spacial score (nSPS) is 19.6. The zero-order valence-electron chi connectivity index (χ0n) is 16.2. The van der Waals surface area contributed by atoms with Gasteiger partial charge in [0.1, 0.15) is 0 Å². The molecule has 1 aromatic rings. The zero-order chi connectivity index (χ0) is 21.0. The third-order valence-electron chi connectivity index (χ3n) is 5.46. The van der Waals surface area contributed by atoms with Gasteiger partial charge in [0.15, 0.2) is 0 Å². The van der Waals surface area contributed by atoms with E-state index >= 15 is 0 Å². The predicted molar refractivity (Wildman–Crippen MR) is 105 cm³/mol. The molecule has 9 heteroatoms. The minimum atomic E-state index is -0.506. The first-order valence-corrected chi connectivity index (χ1v) is 9.64. The van der Waals surface area contributed by atoms with Crippen molar-refractivity contribution >= 4 is 23.4 Å². The van der Waals surface area contributed by atoms with Crippen LogP contribution in [0.15, 0.2) is 36.9 Å². The van der Waals surface area contributed by atoms with Crippen LogP contribution < -0.4 is 0 Å². The van der Waals surface area contributed by atoms with Crippen LogP contribution in [0.25, 0.3) is 0 Å². The van der Waals surface area contributed by atoms with E-state index in [1.165, 1.54) is 30.3 Å². The number of non-ortho nitro benzene ring substituents is 1. The van der Waals surface area contributed by atoms with E-state index in [2.05, 4.69) is 6.58 Å². The summed E-state index contributed by atoms with van der Waals surface area (Å²) in [4.78, 5) is 52.6. The van der Waals surface area contributed by atoms with Gasteiger partial charge in [-0.2, -0.15) is 0 Å². The Bertz CT molecular complexity index is 815. The topological polar surface area (TPSA) is 104 Å². The van der Waals surface area contributed by atoms with Crippen LogP contribution in [0.3, 0.4) is 0 Å². The van der Waals surface area contributed by atoms with Gasteiger partial charge in [-0.1, -0.05) is 6.58 Å². The number of carbonyl (C=O) groups is 3. The zero-order valence-corrected chi connectivity index (χ0v) is 16.2. The summed E-state index contributed by atoms with van der Waals surface area (Å²) in [6, 6.07) is 5.52. The summed E-state index contributed by atoms with van der Waals surface area (Å²) >= 11 is 0. The lowest BCUT2D eigenvalue weighted by Crippen LogP contribution is -2.54. The Morgan fingerprint density at radius 1 is 1.00 bits per heavy atom. The molecule has 3 amide bonds. The Balaban J connectivity index is 1.55. The quantitative estimate of drug-likeness (QED) is 0.430. The summed E-state index contributed by atoms with van der Waals surface area (Å²) in [6.07, 6.45) is 2.81. The van der Waals surface area contributed by atoms with Crippen LogP contribution in [0.2, 0.25) is 0 Å². The molecule has 1 atom stereocenters. The van der Waals surface area contributed by atoms with Gasteiger partial charge < -0.3 is 14.7 Å². The molecule has 0 saturated carbocycles. The lowest BCUT2D eigenvalue weighted by atomic mass is 9.96. The van der Waals surface area contributed by atoms with Crippen molar-refractivity contribution in [1.29, 1.82) is 0 Å². The molecule has 1 aromatic carbocycles. The molecule has 1 unspecified atom stereocenters. The third-order valence-corrected chi connectivity index (χ3v) is 5.46. The summed E-state index contributed by atoms with van der Waals surface area (Å²) in [5.41, 5.74) is 0.328. The van der Waals surface area contributed by atoms with Crippen LogP contribution in [-0.2, 0) is 9.59 Å². The number of amides is 3. The number of nitro benzene ring substituents is 1. The monoisotopic (exact) mass is 400 g/mol. The SMILES string of the molecule is C=CC(=O)N1CCCC(C(=O)N2CCN(C(=O)c3ccc([N+](=O)[O-])cc3)CC2)C1. The first-order chi connectivity index (χ1) is 13.9.